The van der Waals surface area contributed by atoms with Gasteiger partial charge in [-0.15, -0.1) is 0 Å². The maximum absolute atomic E-state index is 11.8. The van der Waals surface area contributed by atoms with Gasteiger partial charge < -0.3 is 15.2 Å². The van der Waals surface area contributed by atoms with Crippen LogP contribution in [0, 0.1) is 5.92 Å². The summed E-state index contributed by atoms with van der Waals surface area (Å²) in [6.07, 6.45) is 0.960. The number of benzene rings is 1. The second kappa shape index (κ2) is 7.71. The SMILES string of the molecule is CCCOc1ccc(C(=O)NCC(C)CO)cc1. The van der Waals surface area contributed by atoms with E-state index in [4.69, 9.17) is 9.84 Å². The molecule has 4 nitrogen and oxygen atoms in total. The lowest BCUT2D eigenvalue weighted by molar-refractivity contribution is 0.0942. The van der Waals surface area contributed by atoms with Crippen LogP contribution in [0.15, 0.2) is 24.3 Å². The molecule has 0 heterocycles. The summed E-state index contributed by atoms with van der Waals surface area (Å²) < 4.78 is 5.44. The van der Waals surface area contributed by atoms with E-state index in [1.54, 1.807) is 24.3 Å². The van der Waals surface area contributed by atoms with Gasteiger partial charge in [-0.3, -0.25) is 4.79 Å². The van der Waals surface area contributed by atoms with Gasteiger partial charge in [0.05, 0.1) is 6.61 Å². The number of aliphatic hydroxyl groups excluding tert-OH is 1. The number of aliphatic hydroxyl groups is 1. The zero-order valence-corrected chi connectivity index (χ0v) is 11.0. The molecule has 0 saturated carbocycles. The zero-order chi connectivity index (χ0) is 13.4. The highest BCUT2D eigenvalue weighted by Crippen LogP contribution is 2.12. The molecule has 0 spiro atoms. The number of hydrogen-bond donors (Lipinski definition) is 2. The van der Waals surface area contributed by atoms with Crippen LogP contribution in [-0.2, 0) is 0 Å². The molecule has 0 bridgehead atoms. The zero-order valence-electron chi connectivity index (χ0n) is 11.0. The fourth-order valence-electron chi connectivity index (χ4n) is 1.36. The number of hydrogen-bond acceptors (Lipinski definition) is 3. The Balaban J connectivity index is 2.48. The number of ether oxygens (including phenoxy) is 1. The summed E-state index contributed by atoms with van der Waals surface area (Å²) in [6, 6.07) is 7.06. The van der Waals surface area contributed by atoms with Crippen molar-refractivity contribution in [3.63, 3.8) is 0 Å². The second-order valence-corrected chi connectivity index (χ2v) is 4.37. The third-order valence-electron chi connectivity index (χ3n) is 2.51. The first kappa shape index (κ1) is 14.5. The molecule has 1 aromatic carbocycles. The smallest absolute Gasteiger partial charge is 0.251 e. The van der Waals surface area contributed by atoms with Crippen molar-refractivity contribution in [1.29, 1.82) is 0 Å². The normalized spacial score (nSPS) is 11.9. The number of rotatable bonds is 7. The van der Waals surface area contributed by atoms with Gasteiger partial charge in [0.1, 0.15) is 5.75 Å². The first-order valence-electron chi connectivity index (χ1n) is 6.29. The minimum atomic E-state index is -0.127. The molecule has 18 heavy (non-hydrogen) atoms. The third-order valence-corrected chi connectivity index (χ3v) is 2.51. The van der Waals surface area contributed by atoms with Gasteiger partial charge in [-0.1, -0.05) is 13.8 Å². The standard InChI is InChI=1S/C14H21NO3/c1-3-8-18-13-6-4-12(5-7-13)14(17)15-9-11(2)10-16/h4-7,11,16H,3,8-10H2,1-2H3,(H,15,17). The Kier molecular flexibility index (Phi) is 6.22. The Hall–Kier alpha value is -1.55. The Bertz CT molecular complexity index is 362. The highest BCUT2D eigenvalue weighted by molar-refractivity contribution is 5.94. The van der Waals surface area contributed by atoms with Gasteiger partial charge in [-0.05, 0) is 36.6 Å². The summed E-state index contributed by atoms with van der Waals surface area (Å²) in [6.45, 7) is 5.15. The molecule has 100 valence electrons. The first-order chi connectivity index (χ1) is 8.67. The number of carbonyl (C=O) groups excluding carboxylic acids is 1. The molecule has 4 heteroatoms. The molecule has 1 rings (SSSR count). The molecule has 2 N–H and O–H groups in total. The van der Waals surface area contributed by atoms with Crippen LogP contribution in [0.25, 0.3) is 0 Å². The molecule has 0 aliphatic heterocycles. The number of carbonyl (C=O) groups is 1. The minimum Gasteiger partial charge on any atom is -0.494 e. The molecule has 0 saturated heterocycles. The Morgan fingerprint density at radius 3 is 2.61 bits per heavy atom. The third kappa shape index (κ3) is 4.75. The summed E-state index contributed by atoms with van der Waals surface area (Å²) in [4.78, 5) is 11.8. The maximum atomic E-state index is 11.8. The maximum Gasteiger partial charge on any atom is 0.251 e. The quantitative estimate of drug-likeness (QED) is 0.777. The number of nitrogens with one attached hydrogen (secondary N) is 1. The van der Waals surface area contributed by atoms with Crippen LogP contribution < -0.4 is 10.1 Å². The Labute approximate surface area is 108 Å². The van der Waals surface area contributed by atoms with E-state index >= 15 is 0 Å². The summed E-state index contributed by atoms with van der Waals surface area (Å²) >= 11 is 0. The van der Waals surface area contributed by atoms with E-state index in [9.17, 15) is 4.79 Å². The van der Waals surface area contributed by atoms with Crippen molar-refractivity contribution in [3.05, 3.63) is 29.8 Å². The van der Waals surface area contributed by atoms with E-state index < -0.39 is 0 Å². The van der Waals surface area contributed by atoms with Crippen molar-refractivity contribution in [2.24, 2.45) is 5.92 Å². The van der Waals surface area contributed by atoms with E-state index in [2.05, 4.69) is 5.32 Å². The van der Waals surface area contributed by atoms with Crippen LogP contribution in [0.3, 0.4) is 0 Å². The summed E-state index contributed by atoms with van der Waals surface area (Å²) in [7, 11) is 0. The van der Waals surface area contributed by atoms with E-state index in [-0.39, 0.29) is 18.4 Å². The lowest BCUT2D eigenvalue weighted by Crippen LogP contribution is -2.29. The van der Waals surface area contributed by atoms with Crippen LogP contribution in [0.4, 0.5) is 0 Å². The van der Waals surface area contributed by atoms with Crippen molar-refractivity contribution >= 4 is 5.91 Å². The minimum absolute atomic E-state index is 0.0705. The lowest BCUT2D eigenvalue weighted by atomic mass is 10.1. The lowest BCUT2D eigenvalue weighted by Gasteiger charge is -2.10. The molecule has 1 aromatic rings. The molecule has 0 fully saturated rings. The molecule has 0 aliphatic carbocycles. The van der Waals surface area contributed by atoms with E-state index in [0.29, 0.717) is 18.7 Å². The van der Waals surface area contributed by atoms with Crippen LogP contribution >= 0.6 is 0 Å². The molecule has 1 unspecified atom stereocenters. The Morgan fingerprint density at radius 2 is 2.06 bits per heavy atom. The monoisotopic (exact) mass is 251 g/mol. The average molecular weight is 251 g/mol. The molecule has 1 amide bonds. The van der Waals surface area contributed by atoms with Crippen molar-refractivity contribution in [2.75, 3.05) is 19.8 Å². The fraction of sp³-hybridized carbons (Fsp3) is 0.500. The molecule has 0 aromatic heterocycles. The fourth-order valence-corrected chi connectivity index (χ4v) is 1.36. The summed E-state index contributed by atoms with van der Waals surface area (Å²) in [5.41, 5.74) is 0.601. The summed E-state index contributed by atoms with van der Waals surface area (Å²) in [5, 5.41) is 11.6. The van der Waals surface area contributed by atoms with Gasteiger partial charge in [-0.25, -0.2) is 0 Å². The second-order valence-electron chi connectivity index (χ2n) is 4.37. The van der Waals surface area contributed by atoms with Gasteiger partial charge in [0, 0.05) is 18.7 Å². The van der Waals surface area contributed by atoms with Crippen molar-refractivity contribution in [2.45, 2.75) is 20.3 Å². The average Bonchev–Trinajstić information content (AvgIpc) is 2.42. The van der Waals surface area contributed by atoms with Gasteiger partial charge in [0.2, 0.25) is 0 Å². The van der Waals surface area contributed by atoms with Crippen LogP contribution in [0.1, 0.15) is 30.6 Å². The predicted octanol–water partition coefficient (Wildman–Crippen LogP) is 1.83. The van der Waals surface area contributed by atoms with Gasteiger partial charge in [-0.2, -0.15) is 0 Å². The summed E-state index contributed by atoms with van der Waals surface area (Å²) in [5.74, 6) is 0.718. The first-order valence-corrected chi connectivity index (χ1v) is 6.29. The van der Waals surface area contributed by atoms with Gasteiger partial charge >= 0.3 is 0 Å². The highest BCUT2D eigenvalue weighted by atomic mass is 16.5. The molecular formula is C14H21NO3. The largest absolute Gasteiger partial charge is 0.494 e. The van der Waals surface area contributed by atoms with Crippen molar-refractivity contribution in [3.8, 4) is 5.75 Å². The van der Waals surface area contributed by atoms with E-state index in [0.717, 1.165) is 12.2 Å². The topological polar surface area (TPSA) is 58.6 Å². The number of amides is 1. The van der Waals surface area contributed by atoms with E-state index in [1.165, 1.54) is 0 Å². The molecule has 1 atom stereocenters. The van der Waals surface area contributed by atoms with Gasteiger partial charge in [0.25, 0.3) is 5.91 Å². The predicted molar refractivity (Wildman–Crippen MR) is 70.8 cm³/mol. The Morgan fingerprint density at radius 1 is 1.39 bits per heavy atom. The van der Waals surface area contributed by atoms with Crippen molar-refractivity contribution < 1.29 is 14.6 Å². The van der Waals surface area contributed by atoms with Crippen LogP contribution in [-0.4, -0.2) is 30.8 Å². The van der Waals surface area contributed by atoms with Crippen LogP contribution in [0.5, 0.6) is 5.75 Å². The highest BCUT2D eigenvalue weighted by Gasteiger charge is 2.07. The van der Waals surface area contributed by atoms with Crippen LogP contribution in [0.2, 0.25) is 0 Å². The molecular weight excluding hydrogens is 230 g/mol. The molecule has 0 aliphatic rings. The molecule has 0 radical (unpaired) electrons. The van der Waals surface area contributed by atoms with Crippen molar-refractivity contribution in [1.82, 2.24) is 5.32 Å². The van der Waals surface area contributed by atoms with Gasteiger partial charge in [0.15, 0.2) is 0 Å². The van der Waals surface area contributed by atoms with E-state index in [1.807, 2.05) is 13.8 Å².